The first-order valence-corrected chi connectivity index (χ1v) is 8.94. The number of piperidine rings is 1. The summed E-state index contributed by atoms with van der Waals surface area (Å²) in [6.07, 6.45) is 5.60. The molecular formula is C18H22N6O2. The third-order valence-electron chi connectivity index (χ3n) is 4.81. The van der Waals surface area contributed by atoms with Crippen LogP contribution < -0.4 is 10.2 Å². The van der Waals surface area contributed by atoms with Crippen molar-refractivity contribution in [1.82, 2.24) is 25.1 Å². The molecule has 1 aliphatic heterocycles. The van der Waals surface area contributed by atoms with Crippen LogP contribution in [0.15, 0.2) is 41.3 Å². The van der Waals surface area contributed by atoms with Gasteiger partial charge in [0, 0.05) is 31.5 Å². The van der Waals surface area contributed by atoms with Crippen LogP contribution in [0.3, 0.4) is 0 Å². The minimum atomic E-state index is 0.0453. The summed E-state index contributed by atoms with van der Waals surface area (Å²) >= 11 is 0. The number of furan rings is 1. The Morgan fingerprint density at radius 3 is 2.96 bits per heavy atom. The van der Waals surface area contributed by atoms with Gasteiger partial charge in [0.2, 0.25) is 5.91 Å². The SMILES string of the molecule is CC(Cc1ccco1)NC(=O)C1CCN(c2ccc3nncn3n2)CC1. The van der Waals surface area contributed by atoms with Gasteiger partial charge in [0.15, 0.2) is 5.65 Å². The Labute approximate surface area is 151 Å². The van der Waals surface area contributed by atoms with Crippen molar-refractivity contribution in [3.05, 3.63) is 42.6 Å². The maximum atomic E-state index is 12.5. The molecule has 0 spiro atoms. The zero-order valence-electron chi connectivity index (χ0n) is 14.7. The number of anilines is 1. The first kappa shape index (κ1) is 16.6. The lowest BCUT2D eigenvalue weighted by Crippen LogP contribution is -2.43. The van der Waals surface area contributed by atoms with Crippen molar-refractivity contribution >= 4 is 17.4 Å². The predicted molar refractivity (Wildman–Crippen MR) is 95.7 cm³/mol. The molecule has 1 amide bonds. The number of hydrogen-bond donors (Lipinski definition) is 1. The molecule has 0 bridgehead atoms. The smallest absolute Gasteiger partial charge is 0.223 e. The molecule has 1 atom stereocenters. The van der Waals surface area contributed by atoms with Crippen LogP contribution >= 0.6 is 0 Å². The topological polar surface area (TPSA) is 88.6 Å². The zero-order chi connectivity index (χ0) is 17.9. The van der Waals surface area contributed by atoms with Crippen molar-refractivity contribution in [2.24, 2.45) is 5.92 Å². The van der Waals surface area contributed by atoms with Crippen LogP contribution in [-0.4, -0.2) is 44.8 Å². The van der Waals surface area contributed by atoms with Crippen molar-refractivity contribution in [3.8, 4) is 0 Å². The lowest BCUT2D eigenvalue weighted by atomic mass is 9.95. The molecule has 3 aromatic heterocycles. The molecule has 0 aliphatic carbocycles. The van der Waals surface area contributed by atoms with Crippen LogP contribution in [0, 0.1) is 5.92 Å². The molecule has 1 saturated heterocycles. The van der Waals surface area contributed by atoms with Crippen LogP contribution in [0.1, 0.15) is 25.5 Å². The number of carbonyl (C=O) groups excluding carboxylic acids is 1. The summed E-state index contributed by atoms with van der Waals surface area (Å²) in [6, 6.07) is 7.72. The molecular weight excluding hydrogens is 332 g/mol. The molecule has 0 radical (unpaired) electrons. The first-order chi connectivity index (χ1) is 12.7. The quantitative estimate of drug-likeness (QED) is 0.750. The van der Waals surface area contributed by atoms with Crippen molar-refractivity contribution in [2.45, 2.75) is 32.2 Å². The molecule has 4 rings (SSSR count). The van der Waals surface area contributed by atoms with Crippen molar-refractivity contribution in [2.75, 3.05) is 18.0 Å². The predicted octanol–water partition coefficient (Wildman–Crippen LogP) is 1.68. The van der Waals surface area contributed by atoms with Crippen LogP contribution in [0.4, 0.5) is 5.82 Å². The third kappa shape index (κ3) is 3.54. The van der Waals surface area contributed by atoms with E-state index in [9.17, 15) is 4.79 Å². The zero-order valence-corrected chi connectivity index (χ0v) is 14.7. The highest BCUT2D eigenvalue weighted by Crippen LogP contribution is 2.22. The summed E-state index contributed by atoms with van der Waals surface area (Å²) < 4.78 is 7.01. The van der Waals surface area contributed by atoms with Gasteiger partial charge in [-0.3, -0.25) is 4.79 Å². The number of fused-ring (bicyclic) bond motifs is 1. The van der Waals surface area contributed by atoms with Gasteiger partial charge >= 0.3 is 0 Å². The average molecular weight is 354 g/mol. The van der Waals surface area contributed by atoms with E-state index in [-0.39, 0.29) is 17.9 Å². The maximum absolute atomic E-state index is 12.5. The lowest BCUT2D eigenvalue weighted by Gasteiger charge is -2.32. The van der Waals surface area contributed by atoms with Gasteiger partial charge in [-0.25, -0.2) is 0 Å². The summed E-state index contributed by atoms with van der Waals surface area (Å²) in [7, 11) is 0. The minimum Gasteiger partial charge on any atom is -0.469 e. The van der Waals surface area contributed by atoms with E-state index in [0.717, 1.165) is 43.2 Å². The monoisotopic (exact) mass is 354 g/mol. The van der Waals surface area contributed by atoms with Crippen molar-refractivity contribution < 1.29 is 9.21 Å². The summed E-state index contributed by atoms with van der Waals surface area (Å²) in [4.78, 5) is 14.7. The van der Waals surface area contributed by atoms with Gasteiger partial charge in [-0.15, -0.1) is 15.3 Å². The van der Waals surface area contributed by atoms with Crippen LogP contribution in [-0.2, 0) is 11.2 Å². The highest BCUT2D eigenvalue weighted by molar-refractivity contribution is 5.79. The van der Waals surface area contributed by atoms with Gasteiger partial charge < -0.3 is 14.6 Å². The highest BCUT2D eigenvalue weighted by Gasteiger charge is 2.26. The van der Waals surface area contributed by atoms with E-state index in [0.29, 0.717) is 6.42 Å². The van der Waals surface area contributed by atoms with E-state index < -0.39 is 0 Å². The van der Waals surface area contributed by atoms with Gasteiger partial charge in [0.05, 0.1) is 6.26 Å². The Kier molecular flexibility index (Phi) is 4.55. The second-order valence-corrected chi connectivity index (χ2v) is 6.78. The Bertz CT molecular complexity index is 867. The van der Waals surface area contributed by atoms with E-state index in [1.165, 1.54) is 0 Å². The number of nitrogens with one attached hydrogen (secondary N) is 1. The van der Waals surface area contributed by atoms with E-state index >= 15 is 0 Å². The fourth-order valence-electron chi connectivity index (χ4n) is 3.40. The molecule has 0 saturated carbocycles. The lowest BCUT2D eigenvalue weighted by molar-refractivity contribution is -0.126. The highest BCUT2D eigenvalue weighted by atomic mass is 16.3. The minimum absolute atomic E-state index is 0.0453. The molecule has 8 heteroatoms. The fraction of sp³-hybridized carbons (Fsp3) is 0.444. The fourth-order valence-corrected chi connectivity index (χ4v) is 3.40. The molecule has 8 nitrogen and oxygen atoms in total. The number of aromatic nitrogens is 4. The molecule has 4 heterocycles. The van der Waals surface area contributed by atoms with Gasteiger partial charge in [0.1, 0.15) is 17.9 Å². The number of carbonyl (C=O) groups is 1. The number of rotatable bonds is 5. The van der Waals surface area contributed by atoms with Crippen molar-refractivity contribution in [3.63, 3.8) is 0 Å². The first-order valence-electron chi connectivity index (χ1n) is 8.94. The summed E-state index contributed by atoms with van der Waals surface area (Å²) in [5, 5.41) is 15.5. The normalized spacial score (nSPS) is 16.7. The maximum Gasteiger partial charge on any atom is 0.223 e. The Hall–Kier alpha value is -2.90. The van der Waals surface area contributed by atoms with Gasteiger partial charge in [0.25, 0.3) is 0 Å². The van der Waals surface area contributed by atoms with Crippen LogP contribution in [0.25, 0.3) is 5.65 Å². The van der Waals surface area contributed by atoms with E-state index in [2.05, 4.69) is 25.5 Å². The van der Waals surface area contributed by atoms with E-state index in [1.807, 2.05) is 31.2 Å². The Morgan fingerprint density at radius 1 is 1.35 bits per heavy atom. The molecule has 1 N–H and O–H groups in total. The second-order valence-electron chi connectivity index (χ2n) is 6.78. The third-order valence-corrected chi connectivity index (χ3v) is 4.81. The summed E-state index contributed by atoms with van der Waals surface area (Å²) in [5.74, 6) is 1.96. The van der Waals surface area contributed by atoms with Crippen LogP contribution in [0.2, 0.25) is 0 Å². The van der Waals surface area contributed by atoms with Gasteiger partial charge in [-0.1, -0.05) is 0 Å². The van der Waals surface area contributed by atoms with E-state index in [4.69, 9.17) is 4.42 Å². The largest absolute Gasteiger partial charge is 0.469 e. The standard InChI is InChI=1S/C18H22N6O2/c1-13(11-15-3-2-10-26-15)20-18(25)14-6-8-23(9-7-14)17-5-4-16-21-19-12-24(16)22-17/h2-5,10,12-14H,6-9,11H2,1H3,(H,20,25). The molecule has 136 valence electrons. The number of amides is 1. The Balaban J connectivity index is 1.30. The molecule has 0 aromatic carbocycles. The molecule has 1 fully saturated rings. The second kappa shape index (κ2) is 7.15. The van der Waals surface area contributed by atoms with E-state index in [1.54, 1.807) is 17.1 Å². The number of nitrogens with zero attached hydrogens (tertiary/aromatic N) is 5. The van der Waals surface area contributed by atoms with Crippen LogP contribution in [0.5, 0.6) is 0 Å². The summed E-state index contributed by atoms with van der Waals surface area (Å²) in [6.45, 7) is 3.63. The van der Waals surface area contributed by atoms with Crippen molar-refractivity contribution in [1.29, 1.82) is 0 Å². The Morgan fingerprint density at radius 2 is 2.19 bits per heavy atom. The average Bonchev–Trinajstić information content (AvgIpc) is 3.32. The van der Waals surface area contributed by atoms with Gasteiger partial charge in [-0.05, 0) is 44.0 Å². The molecule has 1 aliphatic rings. The molecule has 1 unspecified atom stereocenters. The number of hydrogen-bond acceptors (Lipinski definition) is 6. The summed E-state index contributed by atoms with van der Waals surface area (Å²) in [5.41, 5.74) is 0.730. The molecule has 3 aromatic rings. The molecule has 26 heavy (non-hydrogen) atoms. The van der Waals surface area contributed by atoms with Gasteiger partial charge in [-0.2, -0.15) is 4.52 Å².